The minimum Gasteiger partial charge on any atom is -0.373 e. The first kappa shape index (κ1) is 24.7. The van der Waals surface area contributed by atoms with Crippen LogP contribution in [0.2, 0.25) is 0 Å². The van der Waals surface area contributed by atoms with E-state index in [9.17, 15) is 4.79 Å². The van der Waals surface area contributed by atoms with Crippen LogP contribution in [0.25, 0.3) is 11.0 Å². The Hall–Kier alpha value is -3.97. The summed E-state index contributed by atoms with van der Waals surface area (Å²) in [6.45, 7) is 7.69. The van der Waals surface area contributed by atoms with Crippen LogP contribution in [0, 0.1) is 6.92 Å². The van der Waals surface area contributed by atoms with Crippen molar-refractivity contribution in [1.82, 2.24) is 29.6 Å². The maximum atomic E-state index is 12.7. The van der Waals surface area contributed by atoms with Gasteiger partial charge >= 0.3 is 0 Å². The van der Waals surface area contributed by atoms with E-state index >= 15 is 0 Å². The number of pyridine rings is 1. The smallest absolute Gasteiger partial charge is 0.238 e. The highest BCUT2D eigenvalue weighted by Gasteiger charge is 2.24. The largest absolute Gasteiger partial charge is 0.373 e. The zero-order valence-corrected chi connectivity index (χ0v) is 21.6. The topological polar surface area (TPSA) is 137 Å². The minimum absolute atomic E-state index is 0.0741. The lowest BCUT2D eigenvalue weighted by atomic mass is 10.2. The third-order valence-corrected chi connectivity index (χ3v) is 6.15. The van der Waals surface area contributed by atoms with E-state index < -0.39 is 0 Å². The van der Waals surface area contributed by atoms with Crippen LogP contribution in [0.1, 0.15) is 19.5 Å². The molecule has 0 aliphatic carbocycles. The molecule has 13 nitrogen and oxygen atoms in total. The van der Waals surface area contributed by atoms with Crippen molar-refractivity contribution in [2.24, 2.45) is 12.1 Å². The van der Waals surface area contributed by atoms with Gasteiger partial charge in [0, 0.05) is 26.3 Å². The van der Waals surface area contributed by atoms with E-state index in [1.807, 2.05) is 47.1 Å². The summed E-state index contributed by atoms with van der Waals surface area (Å²) in [7, 11) is 3.69. The highest BCUT2D eigenvalue weighted by Crippen LogP contribution is 2.27. The lowest BCUT2D eigenvalue weighted by Gasteiger charge is -2.34. The average molecular weight is 507 g/mol. The molecule has 0 spiro atoms. The number of aryl methyl sites for hydroxylation is 2. The van der Waals surface area contributed by atoms with Crippen LogP contribution in [0.3, 0.4) is 0 Å². The van der Waals surface area contributed by atoms with E-state index in [-0.39, 0.29) is 24.2 Å². The van der Waals surface area contributed by atoms with Crippen molar-refractivity contribution >= 4 is 52.5 Å². The number of fused-ring (bicyclic) bond motifs is 1. The van der Waals surface area contributed by atoms with E-state index in [1.54, 1.807) is 28.0 Å². The number of hydrogen-bond acceptors (Lipinski definition) is 10. The maximum Gasteiger partial charge on any atom is 0.238 e. The molecule has 37 heavy (non-hydrogen) atoms. The second-order valence-electron chi connectivity index (χ2n) is 9.54. The van der Waals surface area contributed by atoms with Gasteiger partial charge in [-0.2, -0.15) is 10.1 Å². The molecule has 2 aliphatic rings. The molecule has 0 aromatic carbocycles. The van der Waals surface area contributed by atoms with E-state index in [1.165, 1.54) is 0 Å². The number of anilines is 4. The molecule has 2 aliphatic heterocycles. The van der Waals surface area contributed by atoms with Crippen LogP contribution in [-0.4, -0.2) is 97.6 Å². The fourth-order valence-corrected chi connectivity index (χ4v) is 4.58. The van der Waals surface area contributed by atoms with Gasteiger partial charge < -0.3 is 20.7 Å². The number of hydrazone groups is 1. The maximum absolute atomic E-state index is 12.7. The van der Waals surface area contributed by atoms with Crippen LogP contribution in [0.15, 0.2) is 23.6 Å². The number of morpholine rings is 1. The SMILES string of the molecule is Cc1ncc(NC(=O)CN2C[C@@H](C)O[C@@H](C)C2)cc1Nc1nn(C)c2nc(NC3C=N[N+](C)=C3)ncc12. The van der Waals surface area contributed by atoms with Gasteiger partial charge in [0.25, 0.3) is 0 Å². The molecule has 1 amide bonds. The molecular weight excluding hydrogens is 474 g/mol. The second-order valence-corrected chi connectivity index (χ2v) is 9.54. The van der Waals surface area contributed by atoms with Crippen molar-refractivity contribution in [2.45, 2.75) is 39.0 Å². The number of amides is 1. The van der Waals surface area contributed by atoms with Gasteiger partial charge in [-0.3, -0.25) is 14.7 Å². The van der Waals surface area contributed by atoms with Crippen LogP contribution in [-0.2, 0) is 16.6 Å². The fourth-order valence-electron chi connectivity index (χ4n) is 4.58. The molecule has 3 atom stereocenters. The predicted molar refractivity (Wildman–Crippen MR) is 142 cm³/mol. The standard InChI is InChI=1S/C24H31N11O2/c1-14-10-35(11-15(2)37-14)13-21(36)28-17-6-20(16(3)25-7-17)30-22-19-9-26-24(31-23(19)34(5)32-22)29-18-8-27-33(4)12-18/h6-9,12,14-15,18H,10-11,13H2,1-5H3,(H2-,26,28,29,30,31,32,36)/p+1/t14-,15+,18?. The van der Waals surface area contributed by atoms with Crippen molar-refractivity contribution < 1.29 is 14.2 Å². The van der Waals surface area contributed by atoms with Crippen LogP contribution in [0.5, 0.6) is 0 Å². The highest BCUT2D eigenvalue weighted by atomic mass is 16.5. The van der Waals surface area contributed by atoms with Crippen molar-refractivity contribution in [3.63, 3.8) is 0 Å². The first-order valence-corrected chi connectivity index (χ1v) is 12.2. The number of nitrogens with one attached hydrogen (secondary N) is 3. The Labute approximate surface area is 214 Å². The monoisotopic (exact) mass is 506 g/mol. The Balaban J connectivity index is 1.29. The summed E-state index contributed by atoms with van der Waals surface area (Å²) in [6.07, 6.45) is 7.30. The molecule has 1 saturated heterocycles. The predicted octanol–water partition coefficient (Wildman–Crippen LogP) is 1.35. The Morgan fingerprint density at radius 3 is 2.73 bits per heavy atom. The average Bonchev–Trinajstić information content (AvgIpc) is 3.37. The summed E-state index contributed by atoms with van der Waals surface area (Å²) in [5.41, 5.74) is 2.78. The number of hydrogen-bond donors (Lipinski definition) is 3. The molecule has 13 heteroatoms. The van der Waals surface area contributed by atoms with Crippen molar-refractivity contribution in [1.29, 1.82) is 0 Å². The van der Waals surface area contributed by atoms with Crippen LogP contribution in [0.4, 0.5) is 23.1 Å². The summed E-state index contributed by atoms with van der Waals surface area (Å²) in [6, 6.07) is 1.78. The zero-order chi connectivity index (χ0) is 26.1. The van der Waals surface area contributed by atoms with Crippen molar-refractivity contribution in [2.75, 3.05) is 42.6 Å². The Morgan fingerprint density at radius 1 is 1.22 bits per heavy atom. The van der Waals surface area contributed by atoms with E-state index in [0.717, 1.165) is 29.9 Å². The lowest BCUT2D eigenvalue weighted by molar-refractivity contribution is -0.494. The third-order valence-electron chi connectivity index (χ3n) is 6.15. The van der Waals surface area contributed by atoms with Gasteiger partial charge in [0.1, 0.15) is 6.21 Å². The molecule has 1 unspecified atom stereocenters. The molecule has 0 bridgehead atoms. The van der Waals surface area contributed by atoms with Gasteiger partial charge in [-0.1, -0.05) is 4.68 Å². The van der Waals surface area contributed by atoms with Gasteiger partial charge in [-0.05, 0) is 31.9 Å². The second kappa shape index (κ2) is 10.2. The Bertz CT molecular complexity index is 1370. The van der Waals surface area contributed by atoms with Crippen LogP contribution >= 0.6 is 0 Å². The number of aromatic nitrogens is 5. The molecular formula is C24H32N11O2+. The van der Waals surface area contributed by atoms with Gasteiger partial charge in [0.05, 0.1) is 47.4 Å². The molecule has 0 radical (unpaired) electrons. The molecule has 3 aromatic heterocycles. The molecule has 1 fully saturated rings. The fraction of sp³-hybridized carbons (Fsp3) is 0.458. The Morgan fingerprint density at radius 2 is 2.00 bits per heavy atom. The first-order chi connectivity index (χ1) is 17.7. The summed E-state index contributed by atoms with van der Waals surface area (Å²) >= 11 is 0. The molecule has 194 valence electrons. The lowest BCUT2D eigenvalue weighted by Crippen LogP contribution is -2.48. The zero-order valence-electron chi connectivity index (χ0n) is 21.6. The van der Waals surface area contributed by atoms with Gasteiger partial charge in [0.15, 0.2) is 24.6 Å². The summed E-state index contributed by atoms with van der Waals surface area (Å²) < 4.78 is 9.19. The number of nitrogens with zero attached hydrogens (tertiary/aromatic N) is 8. The summed E-state index contributed by atoms with van der Waals surface area (Å²) in [5.74, 6) is 0.990. The third kappa shape index (κ3) is 5.73. The molecule has 3 N–H and O–H groups in total. The number of rotatable bonds is 7. The van der Waals surface area contributed by atoms with Gasteiger partial charge in [-0.25, -0.2) is 9.67 Å². The number of carbonyl (C=O) groups excluding carboxylic acids is 1. The van der Waals surface area contributed by atoms with Gasteiger partial charge in [-0.15, -0.1) is 0 Å². The number of carbonyl (C=O) groups is 1. The van der Waals surface area contributed by atoms with Crippen molar-refractivity contribution in [3.8, 4) is 0 Å². The molecule has 5 heterocycles. The van der Waals surface area contributed by atoms with Crippen LogP contribution < -0.4 is 16.0 Å². The summed E-state index contributed by atoms with van der Waals surface area (Å²) in [4.78, 5) is 28.3. The highest BCUT2D eigenvalue weighted by molar-refractivity contribution is 5.94. The minimum atomic E-state index is -0.0923. The van der Waals surface area contributed by atoms with Gasteiger partial charge in [0.2, 0.25) is 18.1 Å². The molecule has 0 saturated carbocycles. The van der Waals surface area contributed by atoms with Crippen molar-refractivity contribution in [3.05, 3.63) is 24.2 Å². The first-order valence-electron chi connectivity index (χ1n) is 12.2. The normalized spacial score (nSPS) is 21.8. The quantitative estimate of drug-likeness (QED) is 0.406. The molecule has 5 rings (SSSR count). The van der Waals surface area contributed by atoms with E-state index in [4.69, 9.17) is 4.74 Å². The Kier molecular flexibility index (Phi) is 6.80. The summed E-state index contributed by atoms with van der Waals surface area (Å²) in [5, 5.41) is 19.1. The number of ether oxygens (including phenoxy) is 1. The molecule has 3 aromatic rings. The van der Waals surface area contributed by atoms with E-state index in [2.05, 4.69) is 46.0 Å². The van der Waals surface area contributed by atoms with E-state index in [0.29, 0.717) is 29.6 Å².